The van der Waals surface area contributed by atoms with Gasteiger partial charge in [-0.3, -0.25) is 4.79 Å². The van der Waals surface area contributed by atoms with Gasteiger partial charge in [0, 0.05) is 30.4 Å². The zero-order chi connectivity index (χ0) is 17.7. The van der Waals surface area contributed by atoms with E-state index in [1.54, 1.807) is 25.1 Å². The second kappa shape index (κ2) is 7.88. The summed E-state index contributed by atoms with van der Waals surface area (Å²) in [6.07, 6.45) is 0. The van der Waals surface area contributed by atoms with E-state index in [9.17, 15) is 14.7 Å². The molecule has 0 bridgehead atoms. The summed E-state index contributed by atoms with van der Waals surface area (Å²) >= 11 is 1.23. The highest BCUT2D eigenvalue weighted by Crippen LogP contribution is 2.28. The Labute approximate surface area is 145 Å². The summed E-state index contributed by atoms with van der Waals surface area (Å²) in [5, 5.41) is 11.6. The van der Waals surface area contributed by atoms with Crippen molar-refractivity contribution in [3.63, 3.8) is 0 Å². The SMILES string of the molecule is C[C@H](Sc1ccccc1C(=O)O)C(=O)Nc1ccc(N(C)C)cc1. The van der Waals surface area contributed by atoms with Gasteiger partial charge in [0.15, 0.2) is 0 Å². The first-order chi connectivity index (χ1) is 11.4. The normalized spacial score (nSPS) is 11.6. The van der Waals surface area contributed by atoms with Crippen LogP contribution in [0.15, 0.2) is 53.4 Å². The largest absolute Gasteiger partial charge is 0.478 e. The molecule has 126 valence electrons. The average molecular weight is 344 g/mol. The molecule has 0 fully saturated rings. The Morgan fingerprint density at radius 3 is 2.29 bits per heavy atom. The number of benzene rings is 2. The molecule has 0 aliphatic rings. The van der Waals surface area contributed by atoms with Gasteiger partial charge in [-0.1, -0.05) is 12.1 Å². The third-order valence-corrected chi connectivity index (χ3v) is 4.62. The maximum absolute atomic E-state index is 12.3. The van der Waals surface area contributed by atoms with Crippen molar-refractivity contribution < 1.29 is 14.7 Å². The molecule has 2 aromatic rings. The third kappa shape index (κ3) is 4.52. The summed E-state index contributed by atoms with van der Waals surface area (Å²) in [5.41, 5.74) is 1.97. The molecule has 0 aliphatic heterocycles. The second-order valence-corrected chi connectivity index (χ2v) is 6.87. The van der Waals surface area contributed by atoms with E-state index in [0.29, 0.717) is 10.6 Å². The summed E-state index contributed by atoms with van der Waals surface area (Å²) < 4.78 is 0. The lowest BCUT2D eigenvalue weighted by atomic mass is 10.2. The lowest BCUT2D eigenvalue weighted by molar-refractivity contribution is -0.115. The van der Waals surface area contributed by atoms with E-state index in [2.05, 4.69) is 5.32 Å². The van der Waals surface area contributed by atoms with E-state index >= 15 is 0 Å². The van der Waals surface area contributed by atoms with Crippen molar-refractivity contribution >= 4 is 35.0 Å². The highest BCUT2D eigenvalue weighted by molar-refractivity contribution is 8.00. The van der Waals surface area contributed by atoms with Gasteiger partial charge in [-0.15, -0.1) is 11.8 Å². The van der Waals surface area contributed by atoms with Crippen molar-refractivity contribution in [2.75, 3.05) is 24.3 Å². The Balaban J connectivity index is 2.03. The maximum atomic E-state index is 12.3. The van der Waals surface area contributed by atoms with Crippen LogP contribution in [0.25, 0.3) is 0 Å². The molecular formula is C18H20N2O3S. The molecule has 0 heterocycles. The van der Waals surface area contributed by atoms with Crippen LogP contribution in [0.2, 0.25) is 0 Å². The molecular weight excluding hydrogens is 324 g/mol. The van der Waals surface area contributed by atoms with E-state index < -0.39 is 11.2 Å². The number of carbonyl (C=O) groups is 2. The number of nitrogens with zero attached hydrogens (tertiary/aromatic N) is 1. The fourth-order valence-electron chi connectivity index (χ4n) is 2.08. The minimum absolute atomic E-state index is 0.169. The Kier molecular flexibility index (Phi) is 5.87. The van der Waals surface area contributed by atoms with Crippen LogP contribution in [0.1, 0.15) is 17.3 Å². The molecule has 2 N–H and O–H groups in total. The van der Waals surface area contributed by atoms with Crippen LogP contribution >= 0.6 is 11.8 Å². The first-order valence-corrected chi connectivity index (χ1v) is 8.33. The topological polar surface area (TPSA) is 69.6 Å². The molecule has 0 saturated carbocycles. The lowest BCUT2D eigenvalue weighted by Crippen LogP contribution is -2.22. The quantitative estimate of drug-likeness (QED) is 0.784. The number of anilines is 2. The summed E-state index contributed by atoms with van der Waals surface area (Å²) in [7, 11) is 3.90. The van der Waals surface area contributed by atoms with Crippen molar-refractivity contribution in [3.05, 3.63) is 54.1 Å². The van der Waals surface area contributed by atoms with Crippen molar-refractivity contribution in [2.24, 2.45) is 0 Å². The van der Waals surface area contributed by atoms with Gasteiger partial charge in [-0.05, 0) is 43.3 Å². The molecule has 5 nitrogen and oxygen atoms in total. The fraction of sp³-hybridized carbons (Fsp3) is 0.222. The number of thioether (sulfide) groups is 1. The number of rotatable bonds is 6. The van der Waals surface area contributed by atoms with Crippen LogP contribution in [-0.4, -0.2) is 36.3 Å². The molecule has 2 aromatic carbocycles. The van der Waals surface area contributed by atoms with Gasteiger partial charge >= 0.3 is 5.97 Å². The summed E-state index contributed by atoms with van der Waals surface area (Å²) in [6, 6.07) is 14.2. The van der Waals surface area contributed by atoms with Gasteiger partial charge in [0.25, 0.3) is 0 Å². The number of carbonyl (C=O) groups excluding carboxylic acids is 1. The minimum atomic E-state index is -0.995. The summed E-state index contributed by atoms with van der Waals surface area (Å²) in [4.78, 5) is 26.1. The van der Waals surface area contributed by atoms with Gasteiger partial charge < -0.3 is 15.3 Å². The lowest BCUT2D eigenvalue weighted by Gasteiger charge is -2.15. The standard InChI is InChI=1S/C18H20N2O3S/c1-12(24-16-7-5-4-6-15(16)18(22)23)17(21)19-13-8-10-14(11-9-13)20(2)3/h4-12H,1-3H3,(H,19,21)(H,22,23)/t12-/m0/s1. The second-order valence-electron chi connectivity index (χ2n) is 5.49. The van der Waals surface area contributed by atoms with Crippen molar-refractivity contribution in [1.29, 1.82) is 0 Å². The summed E-state index contributed by atoms with van der Waals surface area (Å²) in [6.45, 7) is 1.76. The predicted molar refractivity (Wildman–Crippen MR) is 98.1 cm³/mol. The number of amides is 1. The van der Waals surface area contributed by atoms with Crippen LogP contribution in [-0.2, 0) is 4.79 Å². The Hall–Kier alpha value is -2.47. The van der Waals surface area contributed by atoms with Gasteiger partial charge in [0.05, 0.1) is 10.8 Å². The van der Waals surface area contributed by atoms with E-state index in [0.717, 1.165) is 5.69 Å². The van der Waals surface area contributed by atoms with Crippen molar-refractivity contribution in [2.45, 2.75) is 17.1 Å². The van der Waals surface area contributed by atoms with E-state index in [1.807, 2.05) is 43.3 Å². The van der Waals surface area contributed by atoms with Gasteiger partial charge in [-0.25, -0.2) is 4.79 Å². The molecule has 0 aliphatic carbocycles. The average Bonchev–Trinajstić information content (AvgIpc) is 2.55. The predicted octanol–water partition coefficient (Wildman–Crippen LogP) is 3.57. The number of hydrogen-bond acceptors (Lipinski definition) is 4. The fourth-order valence-corrected chi connectivity index (χ4v) is 3.06. The van der Waals surface area contributed by atoms with Crippen LogP contribution < -0.4 is 10.2 Å². The first kappa shape index (κ1) is 17.9. The van der Waals surface area contributed by atoms with E-state index in [1.165, 1.54) is 17.8 Å². The molecule has 6 heteroatoms. The molecule has 0 radical (unpaired) electrons. The molecule has 1 amide bonds. The third-order valence-electron chi connectivity index (χ3n) is 3.44. The molecule has 0 aromatic heterocycles. The first-order valence-electron chi connectivity index (χ1n) is 7.45. The van der Waals surface area contributed by atoms with Crippen LogP contribution in [0.5, 0.6) is 0 Å². The number of carboxylic acid groups (broad SMARTS) is 1. The maximum Gasteiger partial charge on any atom is 0.336 e. The Bertz CT molecular complexity index is 729. The molecule has 2 rings (SSSR count). The Morgan fingerprint density at radius 1 is 1.08 bits per heavy atom. The minimum Gasteiger partial charge on any atom is -0.478 e. The molecule has 1 atom stereocenters. The number of aromatic carboxylic acids is 1. The number of carboxylic acids is 1. The smallest absolute Gasteiger partial charge is 0.336 e. The van der Waals surface area contributed by atoms with Crippen LogP contribution in [0, 0.1) is 0 Å². The van der Waals surface area contributed by atoms with Crippen molar-refractivity contribution in [1.82, 2.24) is 0 Å². The Morgan fingerprint density at radius 2 is 1.71 bits per heavy atom. The van der Waals surface area contributed by atoms with E-state index in [-0.39, 0.29) is 11.5 Å². The molecule has 0 spiro atoms. The molecule has 24 heavy (non-hydrogen) atoms. The zero-order valence-electron chi connectivity index (χ0n) is 13.8. The highest BCUT2D eigenvalue weighted by Gasteiger charge is 2.18. The van der Waals surface area contributed by atoms with Gasteiger partial charge in [0.1, 0.15) is 0 Å². The number of hydrogen-bond donors (Lipinski definition) is 2. The van der Waals surface area contributed by atoms with Crippen LogP contribution in [0.4, 0.5) is 11.4 Å². The van der Waals surface area contributed by atoms with E-state index in [4.69, 9.17) is 0 Å². The molecule has 0 saturated heterocycles. The van der Waals surface area contributed by atoms with Gasteiger partial charge in [0.2, 0.25) is 5.91 Å². The monoisotopic (exact) mass is 344 g/mol. The van der Waals surface area contributed by atoms with Crippen LogP contribution in [0.3, 0.4) is 0 Å². The summed E-state index contributed by atoms with van der Waals surface area (Å²) in [5.74, 6) is -1.16. The van der Waals surface area contributed by atoms with Gasteiger partial charge in [-0.2, -0.15) is 0 Å². The highest BCUT2D eigenvalue weighted by atomic mass is 32.2. The number of nitrogens with one attached hydrogen (secondary N) is 1. The zero-order valence-corrected chi connectivity index (χ0v) is 14.6. The van der Waals surface area contributed by atoms with Crippen molar-refractivity contribution in [3.8, 4) is 0 Å². The molecule has 0 unspecified atom stereocenters.